The molecule has 0 aromatic carbocycles. The van der Waals surface area contributed by atoms with Gasteiger partial charge in [0.1, 0.15) is 6.04 Å². The van der Waals surface area contributed by atoms with E-state index in [1.165, 1.54) is 0 Å². The first-order valence-corrected chi connectivity index (χ1v) is 7.28. The fourth-order valence-electron chi connectivity index (χ4n) is 1.28. The van der Waals surface area contributed by atoms with E-state index in [9.17, 15) is 13.2 Å². The normalized spacial score (nSPS) is 15.7. The van der Waals surface area contributed by atoms with Crippen molar-refractivity contribution in [1.29, 1.82) is 0 Å². The summed E-state index contributed by atoms with van der Waals surface area (Å²) in [6.07, 6.45) is 2.08. The van der Waals surface area contributed by atoms with Crippen molar-refractivity contribution in [3.8, 4) is 0 Å². The summed E-state index contributed by atoms with van der Waals surface area (Å²) in [6, 6.07) is -0.799. The third kappa shape index (κ3) is 5.46. The number of nitrogens with two attached hydrogens (primary N) is 1. The van der Waals surface area contributed by atoms with Gasteiger partial charge in [0, 0.05) is 0 Å². The second-order valence-corrected chi connectivity index (χ2v) is 5.93. The topological polar surface area (TPSA) is 89.3 Å². The van der Waals surface area contributed by atoms with Gasteiger partial charge in [0.15, 0.2) is 0 Å². The van der Waals surface area contributed by atoms with E-state index in [0.29, 0.717) is 12.8 Å². The summed E-state index contributed by atoms with van der Waals surface area (Å²) >= 11 is 0. The summed E-state index contributed by atoms with van der Waals surface area (Å²) < 4.78 is 25.6. The number of carbonyl (C=O) groups excluding carboxylic acids is 1. The average Bonchev–Trinajstić information content (AvgIpc) is 2.22. The Hall–Kier alpha value is -0.620. The molecular weight excluding hydrogens is 228 g/mol. The van der Waals surface area contributed by atoms with Crippen LogP contribution in [0.25, 0.3) is 0 Å². The molecule has 0 unspecified atom stereocenters. The Morgan fingerprint density at radius 1 is 1.38 bits per heavy atom. The number of amides is 1. The molecule has 0 rings (SSSR count). The lowest BCUT2D eigenvalue weighted by Crippen LogP contribution is -2.48. The first-order valence-electron chi connectivity index (χ1n) is 5.63. The quantitative estimate of drug-likeness (QED) is 0.661. The highest BCUT2D eigenvalue weighted by molar-refractivity contribution is 7.89. The lowest BCUT2D eigenvalue weighted by molar-refractivity contribution is -0.120. The van der Waals surface area contributed by atoms with Gasteiger partial charge in [-0.15, -0.1) is 0 Å². The van der Waals surface area contributed by atoms with Crippen LogP contribution in [0.1, 0.15) is 40.0 Å². The minimum atomic E-state index is -3.39. The molecule has 0 aromatic heterocycles. The van der Waals surface area contributed by atoms with Crippen molar-refractivity contribution in [3.05, 3.63) is 0 Å². The Morgan fingerprint density at radius 3 is 2.31 bits per heavy atom. The monoisotopic (exact) mass is 250 g/mol. The van der Waals surface area contributed by atoms with Gasteiger partial charge in [-0.3, -0.25) is 4.79 Å². The van der Waals surface area contributed by atoms with Crippen LogP contribution in [0.15, 0.2) is 0 Å². The van der Waals surface area contributed by atoms with Crippen LogP contribution in [0.2, 0.25) is 0 Å². The molecule has 3 N–H and O–H groups in total. The van der Waals surface area contributed by atoms with Crippen molar-refractivity contribution in [1.82, 2.24) is 4.72 Å². The molecule has 0 saturated heterocycles. The fourth-order valence-corrected chi connectivity index (χ4v) is 2.80. The maximum absolute atomic E-state index is 11.6. The minimum absolute atomic E-state index is 0.0454. The van der Waals surface area contributed by atoms with Gasteiger partial charge in [-0.25, -0.2) is 13.1 Å². The molecule has 16 heavy (non-hydrogen) atoms. The van der Waals surface area contributed by atoms with Gasteiger partial charge >= 0.3 is 0 Å². The number of sulfonamides is 1. The zero-order chi connectivity index (χ0) is 12.8. The fraction of sp³-hybridized carbons (Fsp3) is 0.900. The van der Waals surface area contributed by atoms with E-state index < -0.39 is 22.0 Å². The highest BCUT2D eigenvalue weighted by Crippen LogP contribution is 2.09. The van der Waals surface area contributed by atoms with E-state index >= 15 is 0 Å². The summed E-state index contributed by atoms with van der Waals surface area (Å²) in [5.74, 6) is -0.660. The Labute approximate surface area is 97.8 Å². The first kappa shape index (κ1) is 15.4. The average molecular weight is 250 g/mol. The molecule has 1 amide bonds. The van der Waals surface area contributed by atoms with Crippen LogP contribution in [-0.2, 0) is 14.8 Å². The van der Waals surface area contributed by atoms with Gasteiger partial charge < -0.3 is 5.73 Å². The highest BCUT2D eigenvalue weighted by atomic mass is 32.2. The molecule has 0 aromatic rings. The molecule has 0 fully saturated rings. The highest BCUT2D eigenvalue weighted by Gasteiger charge is 2.26. The standard InChI is InChI=1S/C10H22N2O3S/c1-4-6-7-16(14,15)12-9(10(11)13)8(3)5-2/h8-9,12H,4-7H2,1-3H3,(H2,11,13)/t8-,9-/m0/s1. The van der Waals surface area contributed by atoms with Gasteiger partial charge in [-0.2, -0.15) is 0 Å². The Morgan fingerprint density at radius 2 is 1.94 bits per heavy atom. The van der Waals surface area contributed by atoms with E-state index in [0.717, 1.165) is 6.42 Å². The zero-order valence-electron chi connectivity index (χ0n) is 10.2. The smallest absolute Gasteiger partial charge is 0.235 e. The van der Waals surface area contributed by atoms with Crippen LogP contribution in [0.4, 0.5) is 0 Å². The predicted octanol–water partition coefficient (Wildman–Crippen LogP) is 0.606. The maximum Gasteiger partial charge on any atom is 0.235 e. The van der Waals surface area contributed by atoms with Crippen molar-refractivity contribution < 1.29 is 13.2 Å². The van der Waals surface area contributed by atoms with E-state index in [1.54, 1.807) is 6.92 Å². The Kier molecular flexibility index (Phi) is 6.59. The SMILES string of the molecule is CCCCS(=O)(=O)N[C@H](C(N)=O)[C@@H](C)CC. The number of hydrogen-bond acceptors (Lipinski definition) is 3. The summed E-state index contributed by atoms with van der Waals surface area (Å²) in [5, 5.41) is 0. The molecule has 96 valence electrons. The summed E-state index contributed by atoms with van der Waals surface area (Å²) in [5.41, 5.74) is 5.18. The molecule has 6 heteroatoms. The number of rotatable bonds is 8. The van der Waals surface area contributed by atoms with Crippen molar-refractivity contribution in [2.24, 2.45) is 11.7 Å². The van der Waals surface area contributed by atoms with Gasteiger partial charge in [0.2, 0.25) is 15.9 Å². The molecule has 0 aliphatic rings. The summed E-state index contributed by atoms with van der Waals surface area (Å²) in [7, 11) is -3.39. The summed E-state index contributed by atoms with van der Waals surface area (Å²) in [4.78, 5) is 11.1. The molecule has 0 radical (unpaired) electrons. The van der Waals surface area contributed by atoms with Crippen molar-refractivity contribution in [2.45, 2.75) is 46.1 Å². The molecule has 0 heterocycles. The number of nitrogens with one attached hydrogen (secondary N) is 1. The van der Waals surface area contributed by atoms with Gasteiger partial charge in [0.05, 0.1) is 5.75 Å². The predicted molar refractivity (Wildman–Crippen MR) is 64.3 cm³/mol. The van der Waals surface area contributed by atoms with Crippen LogP contribution >= 0.6 is 0 Å². The number of hydrogen-bond donors (Lipinski definition) is 2. The third-order valence-corrected chi connectivity index (χ3v) is 4.03. The molecule has 0 aliphatic carbocycles. The Bertz CT molecular complexity index is 314. The van der Waals surface area contributed by atoms with Crippen LogP contribution in [0.3, 0.4) is 0 Å². The molecular formula is C10H22N2O3S. The third-order valence-electron chi connectivity index (χ3n) is 2.59. The second kappa shape index (κ2) is 6.85. The largest absolute Gasteiger partial charge is 0.368 e. The maximum atomic E-state index is 11.6. The van der Waals surface area contributed by atoms with Crippen molar-refractivity contribution in [2.75, 3.05) is 5.75 Å². The first-order chi connectivity index (χ1) is 7.34. The molecule has 0 aliphatic heterocycles. The van der Waals surface area contributed by atoms with Gasteiger partial charge in [-0.1, -0.05) is 33.6 Å². The van der Waals surface area contributed by atoms with E-state index in [2.05, 4.69) is 4.72 Å². The van der Waals surface area contributed by atoms with Crippen LogP contribution in [-0.4, -0.2) is 26.1 Å². The lowest BCUT2D eigenvalue weighted by atomic mass is 10.00. The number of primary amides is 1. The molecule has 0 bridgehead atoms. The van der Waals surface area contributed by atoms with Crippen LogP contribution in [0.5, 0.6) is 0 Å². The van der Waals surface area contributed by atoms with Crippen molar-refractivity contribution >= 4 is 15.9 Å². The lowest BCUT2D eigenvalue weighted by Gasteiger charge is -2.20. The minimum Gasteiger partial charge on any atom is -0.368 e. The van der Waals surface area contributed by atoms with E-state index in [-0.39, 0.29) is 11.7 Å². The number of carbonyl (C=O) groups is 1. The van der Waals surface area contributed by atoms with Crippen molar-refractivity contribution in [3.63, 3.8) is 0 Å². The zero-order valence-corrected chi connectivity index (χ0v) is 11.0. The molecule has 5 nitrogen and oxygen atoms in total. The van der Waals surface area contributed by atoms with Gasteiger partial charge in [-0.05, 0) is 12.3 Å². The molecule has 2 atom stereocenters. The van der Waals surface area contributed by atoms with E-state index in [4.69, 9.17) is 5.73 Å². The molecule has 0 saturated carbocycles. The number of unbranched alkanes of at least 4 members (excludes halogenated alkanes) is 1. The molecule has 0 spiro atoms. The Balaban J connectivity index is 4.57. The van der Waals surface area contributed by atoms with Gasteiger partial charge in [0.25, 0.3) is 0 Å². The summed E-state index contributed by atoms with van der Waals surface area (Å²) in [6.45, 7) is 5.61. The van der Waals surface area contributed by atoms with E-state index in [1.807, 2.05) is 13.8 Å². The second-order valence-electron chi connectivity index (χ2n) is 4.06. The van der Waals surface area contributed by atoms with Crippen LogP contribution in [0, 0.1) is 5.92 Å². The van der Waals surface area contributed by atoms with Crippen LogP contribution < -0.4 is 10.5 Å².